The minimum Gasteiger partial charge on any atom is -0.490 e. The van der Waals surface area contributed by atoms with Gasteiger partial charge in [-0.1, -0.05) is 0 Å². The molecule has 0 spiro atoms. The molecule has 0 bridgehead atoms. The Balaban J connectivity index is 1.68. The van der Waals surface area contributed by atoms with Crippen molar-refractivity contribution in [1.82, 2.24) is 15.1 Å². The number of aromatic nitrogens is 2. The summed E-state index contributed by atoms with van der Waals surface area (Å²) in [6.07, 6.45) is -4.19. The lowest BCUT2D eigenvalue weighted by Crippen LogP contribution is -2.28. The van der Waals surface area contributed by atoms with E-state index in [9.17, 15) is 18.0 Å². The lowest BCUT2D eigenvalue weighted by molar-refractivity contribution is -0.142. The Morgan fingerprint density at radius 2 is 1.97 bits per heavy atom. The van der Waals surface area contributed by atoms with Crippen LogP contribution in [-0.4, -0.2) is 42.1 Å². The van der Waals surface area contributed by atoms with E-state index in [1.54, 1.807) is 18.2 Å². The smallest absolute Gasteiger partial charge is 0.435 e. The van der Waals surface area contributed by atoms with E-state index in [1.165, 1.54) is 4.68 Å². The Morgan fingerprint density at radius 1 is 1.23 bits per heavy atom. The van der Waals surface area contributed by atoms with Crippen LogP contribution in [-0.2, 0) is 30.5 Å². The Morgan fingerprint density at radius 3 is 2.67 bits per heavy atom. The third-order valence-corrected chi connectivity index (χ3v) is 4.58. The largest absolute Gasteiger partial charge is 0.490 e. The summed E-state index contributed by atoms with van der Waals surface area (Å²) in [5.74, 6) is 0.642. The van der Waals surface area contributed by atoms with E-state index >= 15 is 0 Å². The van der Waals surface area contributed by atoms with Crippen LogP contribution < -0.4 is 14.8 Å². The fraction of sp³-hybridized carbons (Fsp3) is 0.500. The van der Waals surface area contributed by atoms with E-state index in [0.717, 1.165) is 0 Å². The number of carbonyl (C=O) groups is 1. The maximum Gasteiger partial charge on any atom is 0.435 e. The van der Waals surface area contributed by atoms with E-state index in [-0.39, 0.29) is 31.2 Å². The van der Waals surface area contributed by atoms with Gasteiger partial charge in [-0.15, -0.1) is 0 Å². The zero-order valence-corrected chi connectivity index (χ0v) is 16.8. The van der Waals surface area contributed by atoms with Crippen LogP contribution >= 0.6 is 0 Å². The summed E-state index contributed by atoms with van der Waals surface area (Å²) in [5, 5.41) is 6.44. The van der Waals surface area contributed by atoms with Crippen LogP contribution in [0.5, 0.6) is 11.5 Å². The van der Waals surface area contributed by atoms with Crippen LogP contribution in [0.2, 0.25) is 0 Å². The van der Waals surface area contributed by atoms with Crippen molar-refractivity contribution in [3.05, 3.63) is 40.7 Å². The molecule has 1 aliphatic heterocycles. The Labute approximate surface area is 172 Å². The first-order valence-corrected chi connectivity index (χ1v) is 9.76. The molecule has 0 unspecified atom stereocenters. The summed E-state index contributed by atoms with van der Waals surface area (Å²) in [7, 11) is 0. The van der Waals surface area contributed by atoms with Crippen LogP contribution in [0.25, 0.3) is 0 Å². The zero-order valence-electron chi connectivity index (χ0n) is 16.8. The van der Waals surface area contributed by atoms with Crippen molar-refractivity contribution in [2.45, 2.75) is 39.6 Å². The van der Waals surface area contributed by atoms with E-state index in [2.05, 4.69) is 10.4 Å². The Bertz CT molecular complexity index is 896. The quantitative estimate of drug-likeness (QED) is 0.700. The minimum absolute atomic E-state index is 0.0768. The summed E-state index contributed by atoms with van der Waals surface area (Å²) < 4.78 is 57.1. The summed E-state index contributed by atoms with van der Waals surface area (Å²) in [5.41, 5.74) is 0.0284. The maximum absolute atomic E-state index is 13.2. The lowest BCUT2D eigenvalue weighted by atomic mass is 10.1. The van der Waals surface area contributed by atoms with Gasteiger partial charge in [0.1, 0.15) is 0 Å². The molecule has 0 radical (unpaired) electrons. The van der Waals surface area contributed by atoms with Crippen molar-refractivity contribution in [3.8, 4) is 11.5 Å². The molecule has 1 aromatic heterocycles. The van der Waals surface area contributed by atoms with Gasteiger partial charge in [0.2, 0.25) is 0 Å². The van der Waals surface area contributed by atoms with Gasteiger partial charge in [0.25, 0.3) is 5.91 Å². The van der Waals surface area contributed by atoms with Gasteiger partial charge in [-0.2, -0.15) is 18.3 Å². The number of benzene rings is 1. The monoisotopic (exact) mass is 427 g/mol. The molecule has 30 heavy (non-hydrogen) atoms. The van der Waals surface area contributed by atoms with Crippen LogP contribution in [0.15, 0.2) is 18.2 Å². The molecule has 0 saturated heterocycles. The fourth-order valence-corrected chi connectivity index (χ4v) is 3.29. The SMILES string of the molecule is CCOc1ccc(C(=O)NCCn2nc(C(F)(F)F)c3c2CCOC3)cc1OCC. The molecule has 2 aromatic rings. The number of hydrogen-bond donors (Lipinski definition) is 1. The van der Waals surface area contributed by atoms with Crippen LogP contribution in [0.4, 0.5) is 13.2 Å². The van der Waals surface area contributed by atoms with Gasteiger partial charge >= 0.3 is 6.18 Å². The van der Waals surface area contributed by atoms with Crippen molar-refractivity contribution in [2.75, 3.05) is 26.4 Å². The summed E-state index contributed by atoms with van der Waals surface area (Å²) in [6.45, 7) is 5.04. The number of hydrogen-bond acceptors (Lipinski definition) is 5. The van der Waals surface area contributed by atoms with E-state index < -0.39 is 11.9 Å². The van der Waals surface area contributed by atoms with Crippen molar-refractivity contribution < 1.29 is 32.2 Å². The summed E-state index contributed by atoms with van der Waals surface area (Å²) >= 11 is 0. The molecule has 7 nitrogen and oxygen atoms in total. The number of halogens is 3. The Hall–Kier alpha value is -2.75. The highest BCUT2D eigenvalue weighted by Gasteiger charge is 2.39. The van der Waals surface area contributed by atoms with E-state index in [0.29, 0.717) is 49.0 Å². The first-order valence-electron chi connectivity index (χ1n) is 9.76. The predicted molar refractivity (Wildman–Crippen MR) is 102 cm³/mol. The molecule has 10 heteroatoms. The van der Waals surface area contributed by atoms with E-state index in [1.807, 2.05) is 13.8 Å². The zero-order chi connectivity index (χ0) is 21.7. The third-order valence-electron chi connectivity index (χ3n) is 4.58. The highest BCUT2D eigenvalue weighted by Crippen LogP contribution is 2.34. The highest BCUT2D eigenvalue weighted by molar-refractivity contribution is 5.94. The third kappa shape index (κ3) is 4.86. The van der Waals surface area contributed by atoms with Crippen molar-refractivity contribution >= 4 is 5.91 Å². The predicted octanol–water partition coefficient (Wildman–Crippen LogP) is 3.20. The molecule has 0 atom stereocenters. The molecule has 0 fully saturated rings. The molecule has 0 aliphatic carbocycles. The molecule has 1 amide bonds. The van der Waals surface area contributed by atoms with Gasteiger partial charge in [0.15, 0.2) is 17.2 Å². The first kappa shape index (κ1) is 21.9. The number of alkyl halides is 3. The summed E-state index contributed by atoms with van der Waals surface area (Å²) in [6, 6.07) is 4.85. The lowest BCUT2D eigenvalue weighted by Gasteiger charge is -2.16. The number of amides is 1. The molecule has 164 valence electrons. The molecule has 2 heterocycles. The highest BCUT2D eigenvalue weighted by atomic mass is 19.4. The number of carbonyl (C=O) groups excluding carboxylic acids is 1. The number of nitrogens with zero attached hydrogens (tertiary/aromatic N) is 2. The molecule has 0 saturated carbocycles. The number of ether oxygens (including phenoxy) is 3. The average Bonchev–Trinajstić information content (AvgIpc) is 3.09. The minimum atomic E-state index is -4.54. The van der Waals surface area contributed by atoms with Gasteiger partial charge < -0.3 is 19.5 Å². The van der Waals surface area contributed by atoms with Crippen molar-refractivity contribution in [1.29, 1.82) is 0 Å². The van der Waals surface area contributed by atoms with Crippen LogP contribution in [0.1, 0.15) is 41.2 Å². The van der Waals surface area contributed by atoms with Crippen molar-refractivity contribution in [2.24, 2.45) is 0 Å². The number of nitrogens with one attached hydrogen (secondary N) is 1. The second-order valence-corrected chi connectivity index (χ2v) is 6.58. The number of fused-ring (bicyclic) bond motifs is 1. The second kappa shape index (κ2) is 9.38. The summed E-state index contributed by atoms with van der Waals surface area (Å²) in [4.78, 5) is 12.5. The molecule has 1 N–H and O–H groups in total. The van der Waals surface area contributed by atoms with E-state index in [4.69, 9.17) is 14.2 Å². The molecule has 1 aliphatic rings. The second-order valence-electron chi connectivity index (χ2n) is 6.58. The van der Waals surface area contributed by atoms with Gasteiger partial charge in [0.05, 0.1) is 33.0 Å². The van der Waals surface area contributed by atoms with Gasteiger partial charge in [-0.05, 0) is 32.0 Å². The molecular formula is C20H24F3N3O4. The maximum atomic E-state index is 13.2. The topological polar surface area (TPSA) is 74.6 Å². The van der Waals surface area contributed by atoms with Gasteiger partial charge in [0, 0.05) is 29.8 Å². The van der Waals surface area contributed by atoms with Gasteiger partial charge in [-0.25, -0.2) is 0 Å². The molecular weight excluding hydrogens is 403 g/mol. The van der Waals surface area contributed by atoms with Crippen LogP contribution in [0.3, 0.4) is 0 Å². The number of rotatable bonds is 8. The fourth-order valence-electron chi connectivity index (χ4n) is 3.29. The molecule has 1 aromatic carbocycles. The normalized spacial score (nSPS) is 13.6. The Kier molecular flexibility index (Phi) is 6.86. The first-order chi connectivity index (χ1) is 14.3. The van der Waals surface area contributed by atoms with Gasteiger partial charge in [-0.3, -0.25) is 9.48 Å². The average molecular weight is 427 g/mol. The standard InChI is InChI=1S/C20H24F3N3O4/c1-3-29-16-6-5-13(11-17(16)30-4-2)19(27)24-8-9-26-15-7-10-28-12-14(15)18(25-26)20(21,22)23/h5-6,11H,3-4,7-10,12H2,1-2H3,(H,24,27). The van der Waals surface area contributed by atoms with Crippen LogP contribution in [0, 0.1) is 0 Å². The molecule has 3 rings (SSSR count). The van der Waals surface area contributed by atoms with Crippen molar-refractivity contribution in [3.63, 3.8) is 0 Å².